The molecule has 1 aliphatic carbocycles. The number of hydrogen-bond donors (Lipinski definition) is 1. The van der Waals surface area contributed by atoms with E-state index < -0.39 is 6.10 Å². The molecule has 1 N–H and O–H groups in total. The van der Waals surface area contributed by atoms with Crippen molar-refractivity contribution in [2.24, 2.45) is 5.16 Å². The number of H-pyrrole nitrogens is 1. The first-order valence-electron chi connectivity index (χ1n) is 11.5. The molecule has 0 radical (unpaired) electrons. The van der Waals surface area contributed by atoms with Crippen LogP contribution in [0.3, 0.4) is 0 Å². The number of benzene rings is 2. The van der Waals surface area contributed by atoms with Crippen molar-refractivity contribution in [2.75, 3.05) is 41.5 Å². The van der Waals surface area contributed by atoms with Crippen LogP contribution in [0, 0.1) is 12.3 Å². The van der Waals surface area contributed by atoms with Crippen LogP contribution in [0.15, 0.2) is 58.5 Å². The van der Waals surface area contributed by atoms with E-state index in [1.165, 1.54) is 0 Å². The number of nitrogens with zero attached hydrogens (tertiary/aromatic N) is 2. The predicted octanol–water partition coefficient (Wildman–Crippen LogP) is 4.84. The Bertz CT molecular complexity index is 1460. The summed E-state index contributed by atoms with van der Waals surface area (Å²) in [5.74, 6) is 4.61. The fourth-order valence-electron chi connectivity index (χ4n) is 4.28. The number of aromatic amines is 1. The van der Waals surface area contributed by atoms with Crippen molar-refractivity contribution in [3.63, 3.8) is 0 Å². The molecule has 5 rings (SSSR count). The van der Waals surface area contributed by atoms with E-state index in [9.17, 15) is 0 Å². The predicted molar refractivity (Wildman–Crippen MR) is 138 cm³/mol. The Morgan fingerprint density at radius 1 is 1.08 bits per heavy atom. The first-order valence-corrected chi connectivity index (χ1v) is 11.5. The fourth-order valence-corrected chi connectivity index (χ4v) is 4.28. The molecule has 2 aromatic heterocycles. The minimum Gasteiger partial charge on any atom is -0.493 e. The molecule has 0 aliphatic heterocycles. The summed E-state index contributed by atoms with van der Waals surface area (Å²) in [6.07, 6.45) is 8.14. The van der Waals surface area contributed by atoms with Gasteiger partial charge < -0.3 is 33.3 Å². The quantitative estimate of drug-likeness (QED) is 0.238. The van der Waals surface area contributed by atoms with Gasteiger partial charge >= 0.3 is 0 Å². The summed E-state index contributed by atoms with van der Waals surface area (Å²) >= 11 is 0. The van der Waals surface area contributed by atoms with Gasteiger partial charge in [-0.2, -0.15) is 0 Å². The van der Waals surface area contributed by atoms with Crippen LogP contribution in [0.4, 0.5) is 0 Å². The van der Waals surface area contributed by atoms with Crippen LogP contribution in [-0.4, -0.2) is 57.1 Å². The fraction of sp³-hybridized carbons (Fsp3) is 0.250. The Labute approximate surface area is 209 Å². The highest BCUT2D eigenvalue weighted by atomic mass is 16.6. The van der Waals surface area contributed by atoms with E-state index in [4.69, 9.17) is 29.9 Å². The number of rotatable bonds is 9. The first-order chi connectivity index (χ1) is 17.5. The van der Waals surface area contributed by atoms with Crippen LogP contribution in [0.5, 0.6) is 17.2 Å². The van der Waals surface area contributed by atoms with Gasteiger partial charge in [0.2, 0.25) is 6.10 Å². The molecule has 2 heterocycles. The zero-order valence-corrected chi connectivity index (χ0v) is 20.6. The number of nitrogens with one attached hydrogen (secondary N) is 1. The van der Waals surface area contributed by atoms with Crippen LogP contribution in [0.25, 0.3) is 22.2 Å². The topological polar surface area (TPSA) is 81.4 Å². The molecule has 1 atom stereocenters. The first kappa shape index (κ1) is 23.4. The lowest BCUT2D eigenvalue weighted by molar-refractivity contribution is 0.0996. The summed E-state index contributed by atoms with van der Waals surface area (Å²) in [5, 5.41) is 5.53. The average Bonchev–Trinajstić information content (AvgIpc) is 3.60. The summed E-state index contributed by atoms with van der Waals surface area (Å²) in [4.78, 5) is 11.5. The average molecular weight is 486 g/mol. The Kier molecular flexibility index (Phi) is 6.32. The SMILES string of the molecule is C#CC(O/N=C1/c2cc(OC)c(OC)cc2-c2[nH]c3ccc(OCCN(C)C)cc3c21)c1ccoc1. The van der Waals surface area contributed by atoms with Gasteiger partial charge in [-0.25, -0.2) is 0 Å². The molecule has 0 spiro atoms. The van der Waals surface area contributed by atoms with Gasteiger partial charge in [0.25, 0.3) is 0 Å². The highest BCUT2D eigenvalue weighted by Gasteiger charge is 2.32. The number of likely N-dealkylation sites (N-methyl/N-ethyl adjacent to an activating group) is 1. The molecule has 1 unspecified atom stereocenters. The summed E-state index contributed by atoms with van der Waals surface area (Å²) in [7, 11) is 7.25. The number of fused-ring (bicyclic) bond motifs is 5. The third-order valence-electron chi connectivity index (χ3n) is 6.11. The van der Waals surface area contributed by atoms with Crippen molar-refractivity contribution >= 4 is 16.6 Å². The van der Waals surface area contributed by atoms with Gasteiger partial charge in [0, 0.05) is 39.7 Å². The third kappa shape index (κ3) is 4.14. The third-order valence-corrected chi connectivity index (χ3v) is 6.11. The van der Waals surface area contributed by atoms with Crippen LogP contribution in [0.1, 0.15) is 22.8 Å². The molecule has 0 bridgehead atoms. The molecule has 2 aromatic carbocycles. The lowest BCUT2D eigenvalue weighted by Crippen LogP contribution is -2.19. The van der Waals surface area contributed by atoms with Crippen molar-refractivity contribution in [2.45, 2.75) is 6.10 Å². The second-order valence-electron chi connectivity index (χ2n) is 8.64. The maximum Gasteiger partial charge on any atom is 0.215 e. The van der Waals surface area contributed by atoms with E-state index >= 15 is 0 Å². The lowest BCUT2D eigenvalue weighted by atomic mass is 10.1. The molecule has 4 aromatic rings. The summed E-state index contributed by atoms with van der Waals surface area (Å²) < 4.78 is 22.3. The largest absolute Gasteiger partial charge is 0.493 e. The van der Waals surface area contributed by atoms with E-state index in [-0.39, 0.29) is 0 Å². The molecule has 0 saturated heterocycles. The van der Waals surface area contributed by atoms with Crippen LogP contribution in [-0.2, 0) is 4.84 Å². The van der Waals surface area contributed by atoms with Crippen molar-refractivity contribution in [3.8, 4) is 40.8 Å². The van der Waals surface area contributed by atoms with Crippen LogP contribution < -0.4 is 14.2 Å². The lowest BCUT2D eigenvalue weighted by Gasteiger charge is -2.12. The van der Waals surface area contributed by atoms with Gasteiger partial charge in [0.15, 0.2) is 11.5 Å². The Hall–Kier alpha value is -4.35. The van der Waals surface area contributed by atoms with Crippen molar-refractivity contribution in [1.29, 1.82) is 0 Å². The maximum atomic E-state index is 6.00. The summed E-state index contributed by atoms with van der Waals surface area (Å²) in [6, 6.07) is 11.6. The summed E-state index contributed by atoms with van der Waals surface area (Å²) in [6.45, 7) is 1.40. The number of methoxy groups -OCH3 is 2. The zero-order chi connectivity index (χ0) is 25.2. The molecule has 0 amide bonds. The molecule has 36 heavy (non-hydrogen) atoms. The van der Waals surface area contributed by atoms with Crippen molar-refractivity contribution in [3.05, 3.63) is 65.6 Å². The highest BCUT2D eigenvalue weighted by Crippen LogP contribution is 2.46. The van der Waals surface area contributed by atoms with Crippen molar-refractivity contribution < 1.29 is 23.5 Å². The molecule has 0 saturated carbocycles. The Morgan fingerprint density at radius 2 is 1.86 bits per heavy atom. The van der Waals surface area contributed by atoms with Gasteiger partial charge in [-0.15, -0.1) is 6.42 Å². The van der Waals surface area contributed by atoms with Gasteiger partial charge in [-0.1, -0.05) is 11.1 Å². The standard InChI is InChI=1S/C28H27N3O5/c1-6-23(17-9-11-34-16-17)36-30-28-20-15-25(33-5)24(32-4)14-19(20)27-26(28)21-13-18(7-8-22(21)29-27)35-12-10-31(2)3/h1,7-9,11,13-16,23,29H,10,12H2,2-5H3/b30-28-. The van der Waals surface area contributed by atoms with E-state index in [2.05, 4.69) is 21.0 Å². The van der Waals surface area contributed by atoms with Gasteiger partial charge in [-0.3, -0.25) is 0 Å². The highest BCUT2D eigenvalue weighted by molar-refractivity contribution is 6.30. The van der Waals surface area contributed by atoms with Gasteiger partial charge in [0.1, 0.15) is 18.1 Å². The number of ether oxygens (including phenoxy) is 3. The Morgan fingerprint density at radius 3 is 2.53 bits per heavy atom. The second-order valence-corrected chi connectivity index (χ2v) is 8.64. The summed E-state index contributed by atoms with van der Waals surface area (Å²) in [5.41, 5.74) is 5.89. The van der Waals surface area contributed by atoms with Crippen LogP contribution in [0.2, 0.25) is 0 Å². The maximum absolute atomic E-state index is 6.00. The van der Waals surface area contributed by atoms with Gasteiger partial charge in [-0.05, 0) is 50.5 Å². The van der Waals surface area contributed by atoms with E-state index in [0.717, 1.165) is 45.6 Å². The number of furan rings is 1. The molecule has 0 fully saturated rings. The molecule has 8 nitrogen and oxygen atoms in total. The number of aromatic nitrogens is 1. The smallest absolute Gasteiger partial charge is 0.215 e. The molecule has 1 aliphatic rings. The molecular formula is C28H27N3O5. The molecular weight excluding hydrogens is 458 g/mol. The van der Waals surface area contributed by atoms with E-state index in [1.54, 1.807) is 32.8 Å². The Balaban J connectivity index is 1.62. The van der Waals surface area contributed by atoms with Gasteiger partial charge in [0.05, 0.1) is 32.4 Å². The number of hydrogen-bond acceptors (Lipinski definition) is 7. The minimum atomic E-state index is -0.695. The normalized spacial score (nSPS) is 13.9. The second kappa shape index (κ2) is 9.72. The van der Waals surface area contributed by atoms with E-state index in [1.807, 2.05) is 44.4 Å². The molecule has 8 heteroatoms. The van der Waals surface area contributed by atoms with Crippen LogP contribution >= 0.6 is 0 Å². The van der Waals surface area contributed by atoms with E-state index in [0.29, 0.717) is 29.4 Å². The minimum absolute atomic E-state index is 0.582. The number of terminal acetylenes is 1. The molecule has 184 valence electrons. The zero-order valence-electron chi connectivity index (χ0n) is 20.6. The van der Waals surface area contributed by atoms with Crippen molar-refractivity contribution in [1.82, 2.24) is 9.88 Å². The monoisotopic (exact) mass is 485 g/mol. The number of oxime groups is 1.